The fourth-order valence-corrected chi connectivity index (χ4v) is 3.60. The molecule has 25 heavy (non-hydrogen) atoms. The van der Waals surface area contributed by atoms with E-state index in [4.69, 9.17) is 4.98 Å². The van der Waals surface area contributed by atoms with Crippen molar-refractivity contribution in [2.45, 2.75) is 38.6 Å². The van der Waals surface area contributed by atoms with Gasteiger partial charge in [-0.3, -0.25) is 9.59 Å². The molecule has 0 spiro atoms. The van der Waals surface area contributed by atoms with Crippen LogP contribution >= 0.6 is 0 Å². The number of para-hydroxylation sites is 1. The molecule has 130 valence electrons. The van der Waals surface area contributed by atoms with E-state index in [9.17, 15) is 9.59 Å². The molecule has 6 heteroatoms. The van der Waals surface area contributed by atoms with Gasteiger partial charge in [0.15, 0.2) is 0 Å². The molecule has 2 N–H and O–H groups in total. The Morgan fingerprint density at radius 1 is 1.28 bits per heavy atom. The van der Waals surface area contributed by atoms with Crippen LogP contribution in [0.15, 0.2) is 30.5 Å². The van der Waals surface area contributed by atoms with Crippen molar-refractivity contribution in [1.82, 2.24) is 14.9 Å². The number of nitrogens with zero attached hydrogens (tertiary/aromatic N) is 2. The van der Waals surface area contributed by atoms with E-state index in [0.29, 0.717) is 13.0 Å². The number of hydrogen-bond donors (Lipinski definition) is 2. The maximum atomic E-state index is 12.6. The maximum Gasteiger partial charge on any atom is 0.228 e. The van der Waals surface area contributed by atoms with Gasteiger partial charge in [0.05, 0.1) is 11.4 Å². The molecule has 1 atom stereocenters. The molecule has 0 bridgehead atoms. The van der Waals surface area contributed by atoms with Crippen LogP contribution in [0, 0.1) is 5.92 Å². The molecule has 4 rings (SSSR count). The zero-order chi connectivity index (χ0) is 17.2. The molecular formula is C19H22N4O2. The average molecular weight is 338 g/mol. The van der Waals surface area contributed by atoms with Gasteiger partial charge in [-0.15, -0.1) is 0 Å². The number of amides is 2. The lowest BCUT2D eigenvalue weighted by Crippen LogP contribution is -2.38. The van der Waals surface area contributed by atoms with E-state index in [2.05, 4.69) is 21.4 Å². The summed E-state index contributed by atoms with van der Waals surface area (Å²) in [7, 11) is 0. The number of aryl methyl sites for hydroxylation is 2. The predicted octanol–water partition coefficient (Wildman–Crippen LogP) is 2.35. The number of piperidine rings is 1. The highest BCUT2D eigenvalue weighted by Gasteiger charge is 2.26. The van der Waals surface area contributed by atoms with Crippen LogP contribution in [0.3, 0.4) is 0 Å². The molecule has 3 heterocycles. The smallest absolute Gasteiger partial charge is 0.228 e. The van der Waals surface area contributed by atoms with Crippen LogP contribution in [-0.4, -0.2) is 27.9 Å². The molecule has 1 saturated heterocycles. The normalized spacial score (nSPS) is 19.8. The summed E-state index contributed by atoms with van der Waals surface area (Å²) in [5, 5.41) is 5.78. The quantitative estimate of drug-likeness (QED) is 0.902. The number of rotatable bonds is 3. The standard InChI is InChI=1S/C19H22N4O2/c24-18-11-13(8-9-20-18)19(25)22-15-6-2-1-5-14(15)16-12-23-10-4-3-7-17(23)21-16/h1-2,5-6,12-13H,3-4,7-11H2,(H,20,24)(H,22,25). The second-order valence-electron chi connectivity index (χ2n) is 6.77. The number of benzene rings is 1. The molecule has 2 amide bonds. The van der Waals surface area contributed by atoms with E-state index in [1.165, 1.54) is 12.8 Å². The van der Waals surface area contributed by atoms with Crippen LogP contribution in [0.25, 0.3) is 11.3 Å². The summed E-state index contributed by atoms with van der Waals surface area (Å²) in [4.78, 5) is 28.9. The lowest BCUT2D eigenvalue weighted by Gasteiger charge is -2.21. The lowest BCUT2D eigenvalue weighted by molar-refractivity contribution is -0.129. The second kappa shape index (κ2) is 6.70. The molecule has 2 aromatic rings. The Morgan fingerprint density at radius 3 is 3.00 bits per heavy atom. The van der Waals surface area contributed by atoms with Crippen molar-refractivity contribution < 1.29 is 9.59 Å². The fraction of sp³-hybridized carbons (Fsp3) is 0.421. The number of imidazole rings is 1. The number of carbonyl (C=O) groups is 2. The van der Waals surface area contributed by atoms with Crippen LogP contribution in [0.1, 0.15) is 31.5 Å². The summed E-state index contributed by atoms with van der Waals surface area (Å²) in [5.74, 6) is 0.705. The van der Waals surface area contributed by atoms with E-state index < -0.39 is 0 Å². The first-order chi connectivity index (χ1) is 12.2. The number of carbonyl (C=O) groups excluding carboxylic acids is 2. The highest BCUT2D eigenvalue weighted by molar-refractivity contribution is 5.98. The maximum absolute atomic E-state index is 12.6. The van der Waals surface area contributed by atoms with Crippen molar-refractivity contribution in [2.75, 3.05) is 11.9 Å². The first-order valence-electron chi connectivity index (χ1n) is 8.94. The van der Waals surface area contributed by atoms with Crippen LogP contribution in [-0.2, 0) is 22.6 Å². The van der Waals surface area contributed by atoms with Crippen molar-refractivity contribution >= 4 is 17.5 Å². The van der Waals surface area contributed by atoms with Gasteiger partial charge in [-0.05, 0) is 25.3 Å². The molecule has 1 fully saturated rings. The highest BCUT2D eigenvalue weighted by Crippen LogP contribution is 2.29. The molecule has 6 nitrogen and oxygen atoms in total. The van der Waals surface area contributed by atoms with Gasteiger partial charge in [-0.2, -0.15) is 0 Å². The summed E-state index contributed by atoms with van der Waals surface area (Å²) >= 11 is 0. The van der Waals surface area contributed by atoms with Crippen LogP contribution in [0.4, 0.5) is 5.69 Å². The van der Waals surface area contributed by atoms with Gasteiger partial charge in [-0.1, -0.05) is 18.2 Å². The van der Waals surface area contributed by atoms with E-state index in [-0.39, 0.29) is 24.2 Å². The second-order valence-corrected chi connectivity index (χ2v) is 6.77. The monoisotopic (exact) mass is 338 g/mol. The van der Waals surface area contributed by atoms with Crippen LogP contribution in [0.5, 0.6) is 0 Å². The van der Waals surface area contributed by atoms with Gasteiger partial charge in [0.25, 0.3) is 0 Å². The molecule has 1 unspecified atom stereocenters. The zero-order valence-electron chi connectivity index (χ0n) is 14.1. The van der Waals surface area contributed by atoms with Crippen molar-refractivity contribution in [2.24, 2.45) is 5.92 Å². The zero-order valence-corrected chi connectivity index (χ0v) is 14.1. The number of anilines is 1. The number of aromatic nitrogens is 2. The summed E-state index contributed by atoms with van der Waals surface area (Å²) in [6.45, 7) is 1.57. The summed E-state index contributed by atoms with van der Waals surface area (Å²) in [5.41, 5.74) is 2.58. The Balaban J connectivity index is 1.57. The average Bonchev–Trinajstić information content (AvgIpc) is 3.06. The minimum absolute atomic E-state index is 0.0542. The summed E-state index contributed by atoms with van der Waals surface area (Å²) < 4.78 is 2.21. The lowest BCUT2D eigenvalue weighted by atomic mass is 9.96. The molecule has 1 aromatic heterocycles. The minimum atomic E-state index is -0.267. The molecule has 2 aliphatic heterocycles. The van der Waals surface area contributed by atoms with Gasteiger partial charge in [-0.25, -0.2) is 4.98 Å². The number of hydrogen-bond acceptors (Lipinski definition) is 3. The summed E-state index contributed by atoms with van der Waals surface area (Å²) in [6, 6.07) is 7.74. The number of fused-ring (bicyclic) bond motifs is 1. The molecule has 0 aliphatic carbocycles. The van der Waals surface area contributed by atoms with Crippen LogP contribution in [0.2, 0.25) is 0 Å². The molecular weight excluding hydrogens is 316 g/mol. The van der Waals surface area contributed by atoms with E-state index in [1.807, 2.05) is 24.3 Å². The fourth-order valence-electron chi connectivity index (χ4n) is 3.60. The SMILES string of the molecule is O=C1CC(C(=O)Nc2ccccc2-c2cn3c(n2)CCCC3)CCN1. The molecule has 2 aliphatic rings. The Labute approximate surface area is 146 Å². The Kier molecular flexibility index (Phi) is 4.26. The molecule has 0 saturated carbocycles. The largest absolute Gasteiger partial charge is 0.356 e. The number of nitrogens with one attached hydrogen (secondary N) is 2. The molecule has 1 aromatic carbocycles. The third kappa shape index (κ3) is 3.29. The summed E-state index contributed by atoms with van der Waals surface area (Å²) in [6.07, 6.45) is 6.38. The Hall–Kier alpha value is -2.63. The van der Waals surface area contributed by atoms with Crippen molar-refractivity contribution in [3.05, 3.63) is 36.3 Å². The predicted molar refractivity (Wildman–Crippen MR) is 95.0 cm³/mol. The van der Waals surface area contributed by atoms with Gasteiger partial charge in [0.1, 0.15) is 5.82 Å². The first kappa shape index (κ1) is 15.9. The van der Waals surface area contributed by atoms with Crippen molar-refractivity contribution in [3.8, 4) is 11.3 Å². The van der Waals surface area contributed by atoms with Crippen molar-refractivity contribution in [3.63, 3.8) is 0 Å². The molecule has 0 radical (unpaired) electrons. The van der Waals surface area contributed by atoms with E-state index in [0.717, 1.165) is 35.7 Å². The van der Waals surface area contributed by atoms with Crippen LogP contribution < -0.4 is 10.6 Å². The van der Waals surface area contributed by atoms with Gasteiger partial charge < -0.3 is 15.2 Å². The Bertz CT molecular complexity index is 788. The minimum Gasteiger partial charge on any atom is -0.356 e. The van der Waals surface area contributed by atoms with Gasteiger partial charge >= 0.3 is 0 Å². The van der Waals surface area contributed by atoms with E-state index >= 15 is 0 Å². The Morgan fingerprint density at radius 2 is 2.16 bits per heavy atom. The third-order valence-electron chi connectivity index (χ3n) is 4.99. The first-order valence-corrected chi connectivity index (χ1v) is 8.94. The van der Waals surface area contributed by atoms with Gasteiger partial charge in [0.2, 0.25) is 11.8 Å². The topological polar surface area (TPSA) is 76.0 Å². The van der Waals surface area contributed by atoms with Crippen molar-refractivity contribution in [1.29, 1.82) is 0 Å². The highest BCUT2D eigenvalue weighted by atomic mass is 16.2. The third-order valence-corrected chi connectivity index (χ3v) is 4.99. The van der Waals surface area contributed by atoms with E-state index in [1.54, 1.807) is 0 Å². The van der Waals surface area contributed by atoms with Gasteiger partial charge in [0, 0.05) is 43.6 Å².